The molecule has 1 aromatic carbocycles. The van der Waals surface area contributed by atoms with Crippen LogP contribution in [0.2, 0.25) is 0 Å². The van der Waals surface area contributed by atoms with E-state index < -0.39 is 68.6 Å². The number of carbonyl (C=O) groups is 5. The number of nitrogens with zero attached hydrogens (tertiary/aromatic N) is 3. The fraction of sp³-hybridized carbons (Fsp3) is 0.522. The van der Waals surface area contributed by atoms with Crippen molar-refractivity contribution in [3.63, 3.8) is 0 Å². The smallest absolute Gasteiger partial charge is 0.494 e. The summed E-state index contributed by atoms with van der Waals surface area (Å²) >= 11 is 0. The predicted octanol–water partition coefficient (Wildman–Crippen LogP) is -0.675. The van der Waals surface area contributed by atoms with Crippen LogP contribution < -0.4 is 4.74 Å². The number of hydrogen-bond acceptors (Lipinski definition) is 9. The summed E-state index contributed by atoms with van der Waals surface area (Å²) in [5, 5.41) is 46.2. The van der Waals surface area contributed by atoms with Gasteiger partial charge in [0.2, 0.25) is 0 Å². The van der Waals surface area contributed by atoms with Gasteiger partial charge in [-0.1, -0.05) is 12.1 Å². The van der Waals surface area contributed by atoms with E-state index in [4.69, 9.17) is 14.9 Å². The first-order chi connectivity index (χ1) is 17.4. The van der Waals surface area contributed by atoms with Crippen molar-refractivity contribution in [3.05, 3.63) is 29.8 Å². The number of carboxylic acid groups (broad SMARTS) is 5. The summed E-state index contributed by atoms with van der Waals surface area (Å²) < 4.78 is 5.41. The zero-order chi connectivity index (χ0) is 28.0. The zero-order valence-electron chi connectivity index (χ0n) is 20.8. The van der Waals surface area contributed by atoms with E-state index in [2.05, 4.69) is 0 Å². The maximum absolute atomic E-state index is 11.5. The fourth-order valence-electron chi connectivity index (χ4n) is 3.73. The third kappa shape index (κ3) is 15.7. The van der Waals surface area contributed by atoms with Crippen LogP contribution in [0.4, 0.5) is 0 Å². The SMILES string of the molecule is CCOc1ccc(CC(CN(CCN(CC(=O)O)CC(=O)O)CC(=O)O)N(CC(=O)O)CC(=O)O)cc1.[Gd+3]. The summed E-state index contributed by atoms with van der Waals surface area (Å²) in [6, 6.07) is 6.14. The minimum Gasteiger partial charge on any atom is -0.494 e. The molecule has 15 heteroatoms. The van der Waals surface area contributed by atoms with Gasteiger partial charge in [0.05, 0.1) is 39.3 Å². The Kier molecular flexibility index (Phi) is 17.6. The molecule has 14 nitrogen and oxygen atoms in total. The van der Waals surface area contributed by atoms with Crippen LogP contribution in [-0.2, 0) is 30.4 Å². The Morgan fingerprint density at radius 2 is 1.13 bits per heavy atom. The molecule has 0 bridgehead atoms. The number of ether oxygens (including phenoxy) is 1. The third-order valence-corrected chi connectivity index (χ3v) is 5.18. The molecule has 0 aliphatic rings. The number of carboxylic acids is 5. The Morgan fingerprint density at radius 3 is 1.55 bits per heavy atom. The zero-order valence-corrected chi connectivity index (χ0v) is 23.1. The maximum atomic E-state index is 11.5. The largest absolute Gasteiger partial charge is 3.00 e. The molecule has 1 unspecified atom stereocenters. The van der Waals surface area contributed by atoms with E-state index >= 15 is 0 Å². The first-order valence-corrected chi connectivity index (χ1v) is 11.4. The van der Waals surface area contributed by atoms with Gasteiger partial charge in [-0.2, -0.15) is 0 Å². The van der Waals surface area contributed by atoms with Gasteiger partial charge in [0, 0.05) is 25.7 Å². The van der Waals surface area contributed by atoms with Crippen LogP contribution in [0, 0.1) is 39.9 Å². The second-order valence-electron chi connectivity index (χ2n) is 8.25. The van der Waals surface area contributed by atoms with Gasteiger partial charge in [-0.15, -0.1) is 0 Å². The molecule has 0 heterocycles. The van der Waals surface area contributed by atoms with Crippen LogP contribution >= 0.6 is 0 Å². The monoisotopic (exact) mass is 685 g/mol. The molecule has 0 aliphatic heterocycles. The van der Waals surface area contributed by atoms with E-state index in [0.29, 0.717) is 12.4 Å². The predicted molar refractivity (Wildman–Crippen MR) is 128 cm³/mol. The summed E-state index contributed by atoms with van der Waals surface area (Å²) in [5.41, 5.74) is 0.725. The molecule has 1 aromatic rings. The molecule has 0 aliphatic carbocycles. The standard InChI is InChI=1S/C23H33N3O11.Gd/c1-2-37-18-5-3-16(4-6-18)9-17(26(14-22(33)34)15-23(35)36)10-24(11-19(27)28)7-8-25(12-20(29)30)13-21(31)32;/h3-6,17H,2,7-15H2,1H3,(H,27,28)(H,29,30)(H,31,32)(H,33,34)(H,35,36);/q;+3. The van der Waals surface area contributed by atoms with Gasteiger partial charge in [0.15, 0.2) is 0 Å². The van der Waals surface area contributed by atoms with E-state index in [1.807, 2.05) is 6.92 Å². The first-order valence-electron chi connectivity index (χ1n) is 11.4. The van der Waals surface area contributed by atoms with E-state index in [1.165, 1.54) is 9.80 Å². The molecular weight excluding hydrogens is 652 g/mol. The molecular formula is C23H33GdN3O11+3. The molecule has 211 valence electrons. The van der Waals surface area contributed by atoms with Gasteiger partial charge < -0.3 is 30.3 Å². The van der Waals surface area contributed by atoms with Gasteiger partial charge in [0.25, 0.3) is 0 Å². The van der Waals surface area contributed by atoms with Crippen molar-refractivity contribution < 1.29 is 94.2 Å². The minimum atomic E-state index is -1.27. The number of rotatable bonds is 20. The summed E-state index contributed by atoms with van der Waals surface area (Å²) in [6.07, 6.45) is 0.178. The number of hydrogen-bond donors (Lipinski definition) is 5. The molecule has 5 N–H and O–H groups in total. The number of aliphatic carboxylic acids is 5. The van der Waals surface area contributed by atoms with Crippen LogP contribution in [0.15, 0.2) is 24.3 Å². The summed E-state index contributed by atoms with van der Waals surface area (Å²) in [6.45, 7) is -0.837. The van der Waals surface area contributed by atoms with Crippen molar-refractivity contribution >= 4 is 29.8 Å². The van der Waals surface area contributed by atoms with Crippen LogP contribution in [0.1, 0.15) is 12.5 Å². The van der Waals surface area contributed by atoms with Crippen molar-refractivity contribution in [2.24, 2.45) is 0 Å². The van der Waals surface area contributed by atoms with Crippen molar-refractivity contribution in [1.82, 2.24) is 14.7 Å². The minimum absolute atomic E-state index is 0. The normalized spacial score (nSPS) is 11.7. The van der Waals surface area contributed by atoms with Gasteiger partial charge in [0.1, 0.15) is 5.75 Å². The van der Waals surface area contributed by atoms with Crippen molar-refractivity contribution in [2.45, 2.75) is 19.4 Å². The topological polar surface area (TPSA) is 205 Å². The van der Waals surface area contributed by atoms with Gasteiger partial charge in [-0.25, -0.2) is 0 Å². The maximum Gasteiger partial charge on any atom is 3.00 e. The average molecular weight is 685 g/mol. The Labute approximate surface area is 251 Å². The van der Waals surface area contributed by atoms with Crippen LogP contribution in [0.5, 0.6) is 5.75 Å². The quantitative estimate of drug-likeness (QED) is 0.116. The molecule has 1 radical (unpaired) electrons. The van der Waals surface area contributed by atoms with Gasteiger partial charge in [-0.3, -0.25) is 38.7 Å². The molecule has 0 fully saturated rings. The number of benzene rings is 1. The van der Waals surface area contributed by atoms with Crippen molar-refractivity contribution in [1.29, 1.82) is 0 Å². The van der Waals surface area contributed by atoms with Crippen LogP contribution in [-0.4, -0.2) is 135 Å². The van der Waals surface area contributed by atoms with Crippen LogP contribution in [0.25, 0.3) is 0 Å². The van der Waals surface area contributed by atoms with Crippen LogP contribution in [0.3, 0.4) is 0 Å². The van der Waals surface area contributed by atoms with Crippen molar-refractivity contribution in [2.75, 3.05) is 59.0 Å². The summed E-state index contributed by atoms with van der Waals surface area (Å²) in [5.74, 6) is -5.65. The second kappa shape index (κ2) is 18.8. The van der Waals surface area contributed by atoms with Crippen molar-refractivity contribution in [3.8, 4) is 5.75 Å². The second-order valence-corrected chi connectivity index (χ2v) is 8.25. The molecule has 0 amide bonds. The van der Waals surface area contributed by atoms with E-state index in [0.717, 1.165) is 10.5 Å². The molecule has 0 saturated carbocycles. The van der Waals surface area contributed by atoms with Gasteiger partial charge in [-0.05, 0) is 31.0 Å². The van der Waals surface area contributed by atoms with E-state index in [1.54, 1.807) is 24.3 Å². The molecule has 1 rings (SSSR count). The Morgan fingerprint density at radius 1 is 0.711 bits per heavy atom. The van der Waals surface area contributed by atoms with Gasteiger partial charge >= 0.3 is 69.8 Å². The molecule has 0 spiro atoms. The summed E-state index contributed by atoms with van der Waals surface area (Å²) in [4.78, 5) is 60.4. The third-order valence-electron chi connectivity index (χ3n) is 5.18. The molecule has 1 atom stereocenters. The average Bonchev–Trinajstić information content (AvgIpc) is 2.76. The Hall–Kier alpha value is -2.43. The van der Waals surface area contributed by atoms with E-state index in [-0.39, 0.29) is 66.0 Å². The Bertz CT molecular complexity index is 898. The fourth-order valence-corrected chi connectivity index (χ4v) is 3.73. The molecule has 0 aromatic heterocycles. The molecule has 38 heavy (non-hydrogen) atoms. The van der Waals surface area contributed by atoms with E-state index in [9.17, 15) is 39.3 Å². The first kappa shape index (κ1) is 35.6. The Balaban J connectivity index is 0.0000137. The summed E-state index contributed by atoms with van der Waals surface area (Å²) in [7, 11) is 0. The molecule has 0 saturated heterocycles.